The van der Waals surface area contributed by atoms with Gasteiger partial charge in [-0.3, -0.25) is 0 Å². The van der Waals surface area contributed by atoms with Gasteiger partial charge in [-0.25, -0.2) is 9.18 Å². The highest BCUT2D eigenvalue weighted by Crippen LogP contribution is 2.24. The van der Waals surface area contributed by atoms with Crippen LogP contribution in [0, 0.1) is 5.82 Å². The van der Waals surface area contributed by atoms with Crippen LogP contribution in [0.15, 0.2) is 23.1 Å². The van der Waals surface area contributed by atoms with Gasteiger partial charge in [-0.15, -0.1) is 11.8 Å². The Kier molecular flexibility index (Phi) is 4.62. The summed E-state index contributed by atoms with van der Waals surface area (Å²) in [5, 5.41) is 8.74. The predicted molar refractivity (Wildman–Crippen MR) is 59.0 cm³/mol. The molecule has 0 saturated carbocycles. The van der Waals surface area contributed by atoms with Crippen LogP contribution in [-0.4, -0.2) is 16.8 Å². The Labute approximate surface area is 92.5 Å². The largest absolute Gasteiger partial charge is 0.478 e. The van der Waals surface area contributed by atoms with Crippen LogP contribution in [0.3, 0.4) is 0 Å². The van der Waals surface area contributed by atoms with Gasteiger partial charge in [0.15, 0.2) is 0 Å². The molecule has 1 N–H and O–H groups in total. The highest BCUT2D eigenvalue weighted by molar-refractivity contribution is 7.99. The molecule has 0 saturated heterocycles. The first kappa shape index (κ1) is 12.0. The van der Waals surface area contributed by atoms with E-state index in [0.717, 1.165) is 18.6 Å². The molecule has 82 valence electrons. The Morgan fingerprint density at radius 2 is 2.27 bits per heavy atom. The maximum Gasteiger partial charge on any atom is 0.335 e. The summed E-state index contributed by atoms with van der Waals surface area (Å²) in [7, 11) is 0. The monoisotopic (exact) mass is 228 g/mol. The SMILES string of the molecule is CCCCSc1cc(C(=O)O)ccc1F. The lowest BCUT2D eigenvalue weighted by molar-refractivity contribution is 0.0696. The first-order valence-corrected chi connectivity index (χ1v) is 5.79. The van der Waals surface area contributed by atoms with Crippen LogP contribution in [-0.2, 0) is 0 Å². The Balaban J connectivity index is 2.76. The number of carboxylic acid groups (broad SMARTS) is 1. The van der Waals surface area contributed by atoms with E-state index in [4.69, 9.17) is 5.11 Å². The van der Waals surface area contributed by atoms with Crippen LogP contribution >= 0.6 is 11.8 Å². The summed E-state index contributed by atoms with van der Waals surface area (Å²) in [4.78, 5) is 11.1. The molecule has 15 heavy (non-hydrogen) atoms. The van der Waals surface area contributed by atoms with Gasteiger partial charge >= 0.3 is 5.97 Å². The first-order chi connectivity index (χ1) is 7.15. The van der Waals surface area contributed by atoms with Crippen molar-refractivity contribution in [1.29, 1.82) is 0 Å². The molecule has 0 spiro atoms. The van der Waals surface area contributed by atoms with Crippen molar-refractivity contribution >= 4 is 17.7 Å². The lowest BCUT2D eigenvalue weighted by Crippen LogP contribution is -1.97. The molecule has 0 aliphatic heterocycles. The number of benzene rings is 1. The summed E-state index contributed by atoms with van der Waals surface area (Å²) < 4.78 is 13.2. The van der Waals surface area contributed by atoms with Gasteiger partial charge in [-0.1, -0.05) is 13.3 Å². The number of carbonyl (C=O) groups is 1. The smallest absolute Gasteiger partial charge is 0.335 e. The number of hydrogen-bond donors (Lipinski definition) is 1. The zero-order valence-corrected chi connectivity index (χ0v) is 9.31. The number of aromatic carboxylic acids is 1. The molecule has 0 aromatic heterocycles. The Morgan fingerprint density at radius 3 is 2.87 bits per heavy atom. The van der Waals surface area contributed by atoms with Crippen molar-refractivity contribution < 1.29 is 14.3 Å². The molecule has 1 aromatic rings. The zero-order chi connectivity index (χ0) is 11.3. The minimum absolute atomic E-state index is 0.135. The second-order valence-electron chi connectivity index (χ2n) is 3.15. The van der Waals surface area contributed by atoms with Crippen molar-refractivity contribution in [3.05, 3.63) is 29.6 Å². The molecule has 1 aromatic carbocycles. The molecule has 0 amide bonds. The number of unbranched alkanes of at least 4 members (excludes halogenated alkanes) is 1. The molecule has 0 aliphatic rings. The van der Waals surface area contributed by atoms with Crippen molar-refractivity contribution in [2.24, 2.45) is 0 Å². The van der Waals surface area contributed by atoms with Crippen LogP contribution in [0.2, 0.25) is 0 Å². The average Bonchev–Trinajstić information content (AvgIpc) is 2.20. The molecule has 0 heterocycles. The summed E-state index contributed by atoms with van der Waals surface area (Å²) in [6.07, 6.45) is 2.05. The van der Waals surface area contributed by atoms with Crippen molar-refractivity contribution in [2.45, 2.75) is 24.7 Å². The molecular weight excluding hydrogens is 215 g/mol. The maximum absolute atomic E-state index is 13.2. The van der Waals surface area contributed by atoms with Gasteiger partial charge in [-0.05, 0) is 30.4 Å². The van der Waals surface area contributed by atoms with Gasteiger partial charge < -0.3 is 5.11 Å². The van der Waals surface area contributed by atoms with Crippen LogP contribution in [0.25, 0.3) is 0 Å². The van der Waals surface area contributed by atoms with E-state index in [0.29, 0.717) is 4.90 Å². The van der Waals surface area contributed by atoms with E-state index in [-0.39, 0.29) is 11.4 Å². The Hall–Kier alpha value is -1.03. The first-order valence-electron chi connectivity index (χ1n) is 4.80. The molecule has 2 nitrogen and oxygen atoms in total. The van der Waals surface area contributed by atoms with Crippen LogP contribution < -0.4 is 0 Å². The third-order valence-electron chi connectivity index (χ3n) is 1.93. The lowest BCUT2D eigenvalue weighted by atomic mass is 10.2. The summed E-state index contributed by atoms with van der Waals surface area (Å²) in [6.45, 7) is 2.06. The van der Waals surface area contributed by atoms with E-state index < -0.39 is 5.97 Å². The van der Waals surface area contributed by atoms with Crippen LogP contribution in [0.4, 0.5) is 4.39 Å². The molecule has 1 rings (SSSR count). The molecule has 0 atom stereocenters. The summed E-state index contributed by atoms with van der Waals surface area (Å²) in [6, 6.07) is 3.87. The fraction of sp³-hybridized carbons (Fsp3) is 0.364. The highest BCUT2D eigenvalue weighted by Gasteiger charge is 2.08. The molecular formula is C11H13FO2S. The van der Waals surface area contributed by atoms with Gasteiger partial charge in [0, 0.05) is 4.90 Å². The lowest BCUT2D eigenvalue weighted by Gasteiger charge is -2.03. The molecule has 4 heteroatoms. The van der Waals surface area contributed by atoms with E-state index in [1.807, 2.05) is 0 Å². The highest BCUT2D eigenvalue weighted by atomic mass is 32.2. The van der Waals surface area contributed by atoms with Gasteiger partial charge in [0.2, 0.25) is 0 Å². The van der Waals surface area contributed by atoms with E-state index in [1.165, 1.54) is 30.0 Å². The summed E-state index contributed by atoms with van der Waals surface area (Å²) in [5.74, 6) is -0.551. The quantitative estimate of drug-likeness (QED) is 0.619. The van der Waals surface area contributed by atoms with Crippen molar-refractivity contribution in [3.8, 4) is 0 Å². The fourth-order valence-electron chi connectivity index (χ4n) is 1.07. The number of rotatable bonds is 5. The molecule has 0 bridgehead atoms. The molecule has 0 unspecified atom stereocenters. The molecule has 0 aliphatic carbocycles. The summed E-state index contributed by atoms with van der Waals surface area (Å²) in [5.41, 5.74) is 0.135. The van der Waals surface area contributed by atoms with Crippen LogP contribution in [0.5, 0.6) is 0 Å². The Bertz CT molecular complexity index is 352. The van der Waals surface area contributed by atoms with Crippen molar-refractivity contribution in [3.63, 3.8) is 0 Å². The maximum atomic E-state index is 13.2. The predicted octanol–water partition coefficient (Wildman–Crippen LogP) is 3.42. The topological polar surface area (TPSA) is 37.3 Å². The normalized spacial score (nSPS) is 10.3. The summed E-state index contributed by atoms with van der Waals surface area (Å²) >= 11 is 1.36. The van der Waals surface area contributed by atoms with Gasteiger partial charge in [0.1, 0.15) is 5.82 Å². The molecule has 0 fully saturated rings. The minimum Gasteiger partial charge on any atom is -0.478 e. The number of thioether (sulfide) groups is 1. The Morgan fingerprint density at radius 1 is 1.53 bits per heavy atom. The van der Waals surface area contributed by atoms with E-state index in [1.54, 1.807) is 0 Å². The fourth-order valence-corrected chi connectivity index (χ4v) is 2.14. The van der Waals surface area contributed by atoms with Gasteiger partial charge in [0.25, 0.3) is 0 Å². The van der Waals surface area contributed by atoms with Crippen molar-refractivity contribution in [1.82, 2.24) is 0 Å². The van der Waals surface area contributed by atoms with Gasteiger partial charge in [0.05, 0.1) is 5.56 Å². The number of halogens is 1. The minimum atomic E-state index is -1.02. The third kappa shape index (κ3) is 3.55. The van der Waals surface area contributed by atoms with Crippen LogP contribution in [0.1, 0.15) is 30.1 Å². The van der Waals surface area contributed by atoms with E-state index in [9.17, 15) is 9.18 Å². The number of hydrogen-bond acceptors (Lipinski definition) is 2. The second kappa shape index (κ2) is 5.75. The second-order valence-corrected chi connectivity index (χ2v) is 4.29. The van der Waals surface area contributed by atoms with E-state index >= 15 is 0 Å². The van der Waals surface area contributed by atoms with Crippen molar-refractivity contribution in [2.75, 3.05) is 5.75 Å². The average molecular weight is 228 g/mol. The zero-order valence-electron chi connectivity index (χ0n) is 8.50. The number of carboxylic acids is 1. The van der Waals surface area contributed by atoms with E-state index in [2.05, 4.69) is 6.92 Å². The standard InChI is InChI=1S/C11H13FO2S/c1-2-3-6-15-10-7-8(11(13)14)4-5-9(10)12/h4-5,7H,2-3,6H2,1H3,(H,13,14). The third-order valence-corrected chi connectivity index (χ3v) is 3.05. The van der Waals surface area contributed by atoms with Gasteiger partial charge in [-0.2, -0.15) is 0 Å². The molecule has 0 radical (unpaired) electrons.